The minimum absolute atomic E-state index is 0.129. The molecule has 19 heavy (non-hydrogen) atoms. The predicted molar refractivity (Wildman–Crippen MR) is 65.2 cm³/mol. The summed E-state index contributed by atoms with van der Waals surface area (Å²) in [6, 6.07) is 6.58. The zero-order chi connectivity index (χ0) is 14.4. The third kappa shape index (κ3) is 2.40. The monoisotopic (exact) mass is 304 g/mol. The molecule has 0 spiro atoms. The molecule has 2 aromatic rings. The van der Waals surface area contributed by atoms with E-state index in [1.807, 2.05) is 0 Å². The van der Waals surface area contributed by atoms with Crippen LogP contribution in [0.2, 0.25) is 0 Å². The van der Waals surface area contributed by atoms with Crippen molar-refractivity contribution in [2.24, 2.45) is 0 Å². The second-order valence-corrected chi connectivity index (χ2v) is 6.44. The van der Waals surface area contributed by atoms with Crippen LogP contribution in [0, 0.1) is 0 Å². The van der Waals surface area contributed by atoms with Gasteiger partial charge in [0.05, 0.1) is 0 Å². The van der Waals surface area contributed by atoms with Gasteiger partial charge in [0.25, 0.3) is 20.2 Å². The number of hydrogen-bond acceptors (Lipinski definition) is 5. The maximum atomic E-state index is 11.3. The average Bonchev–Trinajstić information content (AvgIpc) is 2.24. The summed E-state index contributed by atoms with van der Waals surface area (Å²) in [4.78, 5) is -2.29. The Kier molecular flexibility index (Phi) is 3.01. The predicted octanol–water partition coefficient (Wildman–Crippen LogP) is 1.04. The third-order valence-corrected chi connectivity index (χ3v) is 4.45. The first-order valence-electron chi connectivity index (χ1n) is 4.82. The van der Waals surface area contributed by atoms with Crippen molar-refractivity contribution in [3.63, 3.8) is 0 Å². The van der Waals surface area contributed by atoms with E-state index in [0.29, 0.717) is 0 Å². The summed E-state index contributed by atoms with van der Waals surface area (Å²) in [6.45, 7) is 0. The van der Waals surface area contributed by atoms with E-state index in [1.54, 1.807) is 0 Å². The van der Waals surface area contributed by atoms with E-state index in [0.717, 1.165) is 6.07 Å². The van der Waals surface area contributed by atoms with Gasteiger partial charge in [-0.2, -0.15) is 16.8 Å². The highest BCUT2D eigenvalue weighted by Crippen LogP contribution is 2.36. The van der Waals surface area contributed by atoms with Crippen LogP contribution in [-0.2, 0) is 20.2 Å². The highest BCUT2D eigenvalue weighted by atomic mass is 32.2. The Hall–Kier alpha value is -1.68. The van der Waals surface area contributed by atoms with E-state index in [-0.39, 0.29) is 10.8 Å². The molecule has 0 radical (unpaired) electrons. The Morgan fingerprint density at radius 3 is 1.89 bits per heavy atom. The number of hydrogen-bond donors (Lipinski definition) is 3. The van der Waals surface area contributed by atoms with Gasteiger partial charge in [-0.3, -0.25) is 9.11 Å². The molecule has 0 amide bonds. The number of aromatic hydroxyl groups is 1. The molecule has 2 aromatic carbocycles. The van der Waals surface area contributed by atoms with Crippen LogP contribution in [-0.4, -0.2) is 31.0 Å². The minimum Gasteiger partial charge on any atom is -0.506 e. The molecule has 0 aliphatic heterocycles. The molecule has 9 heteroatoms. The lowest BCUT2D eigenvalue weighted by atomic mass is 10.1. The fourth-order valence-corrected chi connectivity index (χ4v) is 3.89. The maximum Gasteiger partial charge on any atom is 0.299 e. The Morgan fingerprint density at radius 2 is 1.37 bits per heavy atom. The van der Waals surface area contributed by atoms with E-state index in [9.17, 15) is 21.9 Å². The van der Waals surface area contributed by atoms with Crippen molar-refractivity contribution in [2.75, 3.05) is 0 Å². The number of benzene rings is 2. The topological polar surface area (TPSA) is 129 Å². The zero-order valence-electron chi connectivity index (χ0n) is 9.18. The summed E-state index contributed by atoms with van der Waals surface area (Å²) in [5, 5.41) is 9.64. The SMILES string of the molecule is O=S(=O)(O)c1c(O)cc2ccccc2c1S(=O)(=O)O. The van der Waals surface area contributed by atoms with Gasteiger partial charge in [0.1, 0.15) is 10.6 Å². The second-order valence-electron chi connectivity index (χ2n) is 3.73. The fourth-order valence-electron chi connectivity index (χ4n) is 1.79. The van der Waals surface area contributed by atoms with Crippen molar-refractivity contribution in [1.29, 1.82) is 0 Å². The summed E-state index contributed by atoms with van der Waals surface area (Å²) in [5.41, 5.74) is 0. The van der Waals surface area contributed by atoms with Gasteiger partial charge in [-0.15, -0.1) is 0 Å². The van der Waals surface area contributed by atoms with Crippen molar-refractivity contribution >= 4 is 31.0 Å². The van der Waals surface area contributed by atoms with Gasteiger partial charge in [0, 0.05) is 5.39 Å². The Balaban J connectivity index is 3.18. The van der Waals surface area contributed by atoms with Gasteiger partial charge in [-0.1, -0.05) is 24.3 Å². The van der Waals surface area contributed by atoms with Crippen LogP contribution in [0.1, 0.15) is 0 Å². The minimum atomic E-state index is -5.03. The van der Waals surface area contributed by atoms with Gasteiger partial charge < -0.3 is 5.11 Å². The molecule has 0 saturated carbocycles. The van der Waals surface area contributed by atoms with Crippen LogP contribution in [0.3, 0.4) is 0 Å². The quantitative estimate of drug-likeness (QED) is 0.707. The van der Waals surface area contributed by atoms with Gasteiger partial charge in [-0.05, 0) is 11.5 Å². The molecular weight excluding hydrogens is 296 g/mol. The molecule has 0 atom stereocenters. The number of rotatable bonds is 2. The molecule has 102 valence electrons. The largest absolute Gasteiger partial charge is 0.506 e. The lowest BCUT2D eigenvalue weighted by Crippen LogP contribution is -2.09. The molecule has 7 nitrogen and oxygen atoms in total. The van der Waals surface area contributed by atoms with Crippen molar-refractivity contribution in [1.82, 2.24) is 0 Å². The highest BCUT2D eigenvalue weighted by Gasteiger charge is 2.30. The Bertz CT molecular complexity index is 866. The van der Waals surface area contributed by atoms with E-state index in [1.165, 1.54) is 24.3 Å². The normalized spacial score (nSPS) is 12.7. The van der Waals surface area contributed by atoms with Crippen LogP contribution in [0.25, 0.3) is 10.8 Å². The lowest BCUT2D eigenvalue weighted by molar-refractivity contribution is 0.432. The summed E-state index contributed by atoms with van der Waals surface area (Å²) in [7, 11) is -9.99. The zero-order valence-corrected chi connectivity index (χ0v) is 10.8. The Morgan fingerprint density at radius 1 is 0.842 bits per heavy atom. The van der Waals surface area contributed by atoms with Crippen LogP contribution >= 0.6 is 0 Å². The van der Waals surface area contributed by atoms with Crippen LogP contribution in [0.4, 0.5) is 0 Å². The van der Waals surface area contributed by atoms with Crippen LogP contribution in [0.15, 0.2) is 40.1 Å². The second kappa shape index (κ2) is 4.17. The summed E-state index contributed by atoms with van der Waals surface area (Å²) < 4.78 is 63.2. The molecule has 3 N–H and O–H groups in total. The number of fused-ring (bicyclic) bond motifs is 1. The van der Waals surface area contributed by atoms with Gasteiger partial charge in [-0.25, -0.2) is 0 Å². The van der Waals surface area contributed by atoms with Crippen molar-refractivity contribution in [3.8, 4) is 5.75 Å². The molecule has 0 aliphatic carbocycles. The average molecular weight is 304 g/mol. The lowest BCUT2D eigenvalue weighted by Gasteiger charge is -2.10. The van der Waals surface area contributed by atoms with Crippen molar-refractivity contribution in [2.45, 2.75) is 9.79 Å². The van der Waals surface area contributed by atoms with E-state index < -0.39 is 35.8 Å². The summed E-state index contributed by atoms with van der Waals surface area (Å²) in [6.07, 6.45) is 0. The van der Waals surface area contributed by atoms with E-state index in [2.05, 4.69) is 0 Å². The first kappa shape index (κ1) is 13.7. The third-order valence-electron chi connectivity index (χ3n) is 2.45. The first-order chi connectivity index (χ1) is 8.62. The first-order valence-corrected chi connectivity index (χ1v) is 7.70. The van der Waals surface area contributed by atoms with E-state index in [4.69, 9.17) is 9.11 Å². The maximum absolute atomic E-state index is 11.3. The fraction of sp³-hybridized carbons (Fsp3) is 0. The molecule has 0 unspecified atom stereocenters. The highest BCUT2D eigenvalue weighted by molar-refractivity contribution is 7.89. The molecule has 0 bridgehead atoms. The van der Waals surface area contributed by atoms with Crippen molar-refractivity contribution < 1.29 is 31.0 Å². The molecule has 0 saturated heterocycles. The Labute approximate surface area is 108 Å². The molecular formula is C10H8O7S2. The van der Waals surface area contributed by atoms with Crippen LogP contribution < -0.4 is 0 Å². The van der Waals surface area contributed by atoms with Crippen molar-refractivity contribution in [3.05, 3.63) is 30.3 Å². The summed E-state index contributed by atoms with van der Waals surface area (Å²) >= 11 is 0. The van der Waals surface area contributed by atoms with E-state index >= 15 is 0 Å². The van der Waals surface area contributed by atoms with Gasteiger partial charge in [0.2, 0.25) is 0 Å². The standard InChI is InChI=1S/C10H8O7S2/c11-8-5-6-3-1-2-4-7(6)9(18(12,13)14)10(8)19(15,16)17/h1-5,11H,(H,12,13,14)(H,15,16,17). The molecule has 0 aromatic heterocycles. The smallest absolute Gasteiger partial charge is 0.299 e. The van der Waals surface area contributed by atoms with Gasteiger partial charge >= 0.3 is 0 Å². The number of phenols is 1. The molecule has 0 fully saturated rings. The molecule has 0 heterocycles. The molecule has 2 rings (SSSR count). The number of phenolic OH excluding ortho intramolecular Hbond substituents is 1. The molecule has 0 aliphatic rings. The van der Waals surface area contributed by atoms with Crippen LogP contribution in [0.5, 0.6) is 5.75 Å². The summed E-state index contributed by atoms with van der Waals surface area (Å²) in [5.74, 6) is -0.964. The van der Waals surface area contributed by atoms with Gasteiger partial charge in [0.15, 0.2) is 4.90 Å².